The number of hydrogen-bond donors (Lipinski definition) is 3. The van der Waals surface area contributed by atoms with Crippen LogP contribution in [0, 0.1) is 0 Å². The van der Waals surface area contributed by atoms with Crippen LogP contribution in [-0.2, 0) is 4.79 Å². The molecule has 0 saturated heterocycles. The summed E-state index contributed by atoms with van der Waals surface area (Å²) >= 11 is 0. The molecule has 7 heteroatoms. The Morgan fingerprint density at radius 3 is 2.32 bits per heavy atom. The topological polar surface area (TPSA) is 109 Å². The van der Waals surface area contributed by atoms with E-state index in [4.69, 9.17) is 9.84 Å². The van der Waals surface area contributed by atoms with Gasteiger partial charge >= 0.3 is 5.97 Å². The SMILES string of the molecule is O=C(O)CNC(=O)c1nc(Oc2ccccc2)c2ccccc2c1O. The van der Waals surface area contributed by atoms with E-state index in [0.717, 1.165) is 0 Å². The number of aromatic hydroxyl groups is 1. The molecular weight excluding hydrogens is 324 g/mol. The molecule has 126 valence electrons. The number of ether oxygens (including phenoxy) is 1. The van der Waals surface area contributed by atoms with Crippen molar-refractivity contribution in [2.75, 3.05) is 6.54 Å². The molecule has 0 atom stereocenters. The van der Waals surface area contributed by atoms with Crippen molar-refractivity contribution < 1.29 is 24.5 Å². The molecule has 1 amide bonds. The molecule has 7 nitrogen and oxygen atoms in total. The van der Waals surface area contributed by atoms with Crippen LogP contribution in [0.4, 0.5) is 0 Å². The first-order valence-electron chi connectivity index (χ1n) is 7.41. The van der Waals surface area contributed by atoms with Crippen molar-refractivity contribution in [3.63, 3.8) is 0 Å². The molecular formula is C18H14N2O5. The Morgan fingerprint density at radius 2 is 1.64 bits per heavy atom. The zero-order valence-electron chi connectivity index (χ0n) is 13.0. The van der Waals surface area contributed by atoms with Crippen LogP contribution in [0.15, 0.2) is 54.6 Å². The average molecular weight is 338 g/mol. The van der Waals surface area contributed by atoms with Crippen LogP contribution in [0.2, 0.25) is 0 Å². The monoisotopic (exact) mass is 338 g/mol. The molecule has 0 radical (unpaired) electrons. The molecule has 1 aromatic heterocycles. The minimum atomic E-state index is -1.20. The maximum absolute atomic E-state index is 12.2. The number of carboxylic acid groups (broad SMARTS) is 1. The van der Waals surface area contributed by atoms with Gasteiger partial charge in [-0.05, 0) is 18.2 Å². The average Bonchev–Trinajstić information content (AvgIpc) is 2.63. The molecule has 0 aliphatic carbocycles. The third-order valence-electron chi connectivity index (χ3n) is 3.42. The lowest BCUT2D eigenvalue weighted by Gasteiger charge is -2.12. The zero-order chi connectivity index (χ0) is 17.8. The lowest BCUT2D eigenvalue weighted by Crippen LogP contribution is -2.30. The smallest absolute Gasteiger partial charge is 0.322 e. The lowest BCUT2D eigenvalue weighted by molar-refractivity contribution is -0.135. The van der Waals surface area contributed by atoms with Crippen molar-refractivity contribution in [1.82, 2.24) is 10.3 Å². The molecule has 0 saturated carbocycles. The maximum atomic E-state index is 12.2. The Morgan fingerprint density at radius 1 is 1.00 bits per heavy atom. The molecule has 0 aliphatic rings. The quantitative estimate of drug-likeness (QED) is 0.660. The second-order valence-corrected chi connectivity index (χ2v) is 5.15. The van der Waals surface area contributed by atoms with Crippen molar-refractivity contribution in [3.8, 4) is 17.4 Å². The van der Waals surface area contributed by atoms with Gasteiger partial charge < -0.3 is 20.3 Å². The molecule has 0 spiro atoms. The number of rotatable bonds is 5. The molecule has 3 rings (SSSR count). The van der Waals surface area contributed by atoms with Crippen LogP contribution >= 0.6 is 0 Å². The summed E-state index contributed by atoms with van der Waals surface area (Å²) in [6.45, 7) is -0.582. The second kappa shape index (κ2) is 6.88. The fourth-order valence-corrected chi connectivity index (χ4v) is 2.29. The molecule has 0 fully saturated rings. The zero-order valence-corrected chi connectivity index (χ0v) is 13.0. The summed E-state index contributed by atoms with van der Waals surface area (Å²) in [5, 5.41) is 22.1. The summed E-state index contributed by atoms with van der Waals surface area (Å²) in [5.41, 5.74) is -0.300. The Balaban J connectivity index is 2.07. The van der Waals surface area contributed by atoms with Crippen molar-refractivity contribution >= 4 is 22.6 Å². The van der Waals surface area contributed by atoms with Crippen molar-refractivity contribution in [2.24, 2.45) is 0 Å². The fourth-order valence-electron chi connectivity index (χ4n) is 2.29. The Labute approximate surface area is 142 Å². The van der Waals surface area contributed by atoms with E-state index in [9.17, 15) is 14.7 Å². The number of nitrogens with zero attached hydrogens (tertiary/aromatic N) is 1. The number of carbonyl (C=O) groups excluding carboxylic acids is 1. The number of fused-ring (bicyclic) bond motifs is 1. The predicted molar refractivity (Wildman–Crippen MR) is 89.9 cm³/mol. The van der Waals surface area contributed by atoms with Crippen molar-refractivity contribution in [2.45, 2.75) is 0 Å². The van der Waals surface area contributed by atoms with Crippen LogP contribution in [0.5, 0.6) is 17.4 Å². The minimum Gasteiger partial charge on any atom is -0.505 e. The molecule has 25 heavy (non-hydrogen) atoms. The van der Waals surface area contributed by atoms with Gasteiger partial charge in [0.2, 0.25) is 5.88 Å². The molecule has 3 N–H and O–H groups in total. The van der Waals surface area contributed by atoms with E-state index in [2.05, 4.69) is 10.3 Å². The highest BCUT2D eigenvalue weighted by Gasteiger charge is 2.20. The number of carbonyl (C=O) groups is 2. The van der Waals surface area contributed by atoms with Crippen molar-refractivity contribution in [3.05, 3.63) is 60.3 Å². The van der Waals surface area contributed by atoms with E-state index in [1.54, 1.807) is 48.5 Å². The normalized spacial score (nSPS) is 10.4. The molecule has 0 bridgehead atoms. The predicted octanol–water partition coefficient (Wildman–Crippen LogP) is 2.55. The second-order valence-electron chi connectivity index (χ2n) is 5.15. The van der Waals surface area contributed by atoms with Crippen LogP contribution in [0.1, 0.15) is 10.5 Å². The summed E-state index contributed by atoms with van der Waals surface area (Å²) in [4.78, 5) is 26.9. The van der Waals surface area contributed by atoms with Gasteiger partial charge in [-0.3, -0.25) is 9.59 Å². The minimum absolute atomic E-state index is 0.139. The van der Waals surface area contributed by atoms with Crippen LogP contribution in [0.25, 0.3) is 10.8 Å². The number of para-hydroxylation sites is 1. The highest BCUT2D eigenvalue weighted by molar-refractivity contribution is 6.03. The summed E-state index contributed by atoms with van der Waals surface area (Å²) in [6, 6.07) is 15.7. The first kappa shape index (κ1) is 16.3. The van der Waals surface area contributed by atoms with Gasteiger partial charge in [-0.1, -0.05) is 36.4 Å². The van der Waals surface area contributed by atoms with Gasteiger partial charge in [0.15, 0.2) is 11.4 Å². The molecule has 0 unspecified atom stereocenters. The number of benzene rings is 2. The van der Waals surface area contributed by atoms with Gasteiger partial charge in [0.05, 0.1) is 0 Å². The highest BCUT2D eigenvalue weighted by Crippen LogP contribution is 2.35. The number of aliphatic carboxylic acids is 1. The summed E-state index contributed by atoms with van der Waals surface area (Å²) in [5.74, 6) is -1.68. The van der Waals surface area contributed by atoms with E-state index >= 15 is 0 Å². The Hall–Kier alpha value is -3.61. The third kappa shape index (κ3) is 3.50. The number of pyridine rings is 1. The van der Waals surface area contributed by atoms with Crippen LogP contribution < -0.4 is 10.1 Å². The summed E-state index contributed by atoms with van der Waals surface area (Å²) < 4.78 is 5.74. The largest absolute Gasteiger partial charge is 0.505 e. The summed E-state index contributed by atoms with van der Waals surface area (Å²) in [6.07, 6.45) is 0. The Bertz CT molecular complexity index is 941. The maximum Gasteiger partial charge on any atom is 0.322 e. The first-order valence-corrected chi connectivity index (χ1v) is 7.41. The van der Waals surface area contributed by atoms with Gasteiger partial charge in [-0.25, -0.2) is 4.98 Å². The van der Waals surface area contributed by atoms with E-state index in [0.29, 0.717) is 16.5 Å². The first-order chi connectivity index (χ1) is 12.1. The van der Waals surface area contributed by atoms with Gasteiger partial charge in [0.25, 0.3) is 5.91 Å². The van der Waals surface area contributed by atoms with Crippen LogP contribution in [0.3, 0.4) is 0 Å². The van der Waals surface area contributed by atoms with E-state index in [1.165, 1.54) is 0 Å². The van der Waals surface area contributed by atoms with E-state index < -0.39 is 18.4 Å². The van der Waals surface area contributed by atoms with Gasteiger partial charge in [-0.2, -0.15) is 0 Å². The van der Waals surface area contributed by atoms with Crippen LogP contribution in [-0.4, -0.2) is 33.6 Å². The Kier molecular flexibility index (Phi) is 4.47. The number of amides is 1. The van der Waals surface area contributed by atoms with Gasteiger partial charge in [0.1, 0.15) is 12.3 Å². The van der Waals surface area contributed by atoms with Gasteiger partial charge in [0, 0.05) is 10.8 Å². The van der Waals surface area contributed by atoms with E-state index in [1.807, 2.05) is 6.07 Å². The van der Waals surface area contributed by atoms with E-state index in [-0.39, 0.29) is 17.3 Å². The number of nitrogens with one attached hydrogen (secondary N) is 1. The summed E-state index contributed by atoms with van der Waals surface area (Å²) in [7, 11) is 0. The fraction of sp³-hybridized carbons (Fsp3) is 0.0556. The lowest BCUT2D eigenvalue weighted by atomic mass is 10.1. The third-order valence-corrected chi connectivity index (χ3v) is 3.42. The molecule has 3 aromatic rings. The number of hydrogen-bond acceptors (Lipinski definition) is 5. The standard InChI is InChI=1S/C18H14N2O5/c21-14(22)10-19-17(24)15-16(23)12-8-4-5-9-13(12)18(20-15)25-11-6-2-1-3-7-11/h1-9,23H,10H2,(H,19,24)(H,21,22). The number of aromatic nitrogens is 1. The highest BCUT2D eigenvalue weighted by atomic mass is 16.5. The van der Waals surface area contributed by atoms with Crippen molar-refractivity contribution in [1.29, 1.82) is 0 Å². The molecule has 2 aromatic carbocycles. The van der Waals surface area contributed by atoms with Gasteiger partial charge in [-0.15, -0.1) is 0 Å². The molecule has 0 aliphatic heterocycles. The molecule has 1 heterocycles. The number of carboxylic acids is 1.